The summed E-state index contributed by atoms with van der Waals surface area (Å²) in [6.45, 7) is 14.0. The zero-order chi connectivity index (χ0) is 39.2. The van der Waals surface area contributed by atoms with Gasteiger partial charge < -0.3 is 13.7 Å². The number of fused-ring (bicyclic) bond motifs is 10. The van der Waals surface area contributed by atoms with Crippen molar-refractivity contribution in [1.82, 2.24) is 4.40 Å². The van der Waals surface area contributed by atoms with Gasteiger partial charge in [0.05, 0.1) is 22.2 Å². The molecular formula is C54H46N2O. The molecule has 1 aliphatic carbocycles. The Morgan fingerprint density at radius 2 is 1.23 bits per heavy atom. The molecule has 3 aromatic heterocycles. The van der Waals surface area contributed by atoms with Gasteiger partial charge in [-0.25, -0.2) is 0 Å². The third kappa shape index (κ3) is 5.57. The van der Waals surface area contributed by atoms with Crippen LogP contribution in [0, 0.1) is 0 Å². The molecule has 0 aliphatic heterocycles. The van der Waals surface area contributed by atoms with Crippen LogP contribution < -0.4 is 4.90 Å². The van der Waals surface area contributed by atoms with Crippen molar-refractivity contribution in [2.24, 2.45) is 0 Å². The zero-order valence-corrected chi connectivity index (χ0v) is 33.3. The molecule has 0 atom stereocenters. The van der Waals surface area contributed by atoms with Crippen LogP contribution in [0.5, 0.6) is 0 Å². The quantitative estimate of drug-likeness (QED) is 0.169. The number of allylic oxidation sites excluding steroid dienone is 1. The van der Waals surface area contributed by atoms with Crippen LogP contribution in [0.15, 0.2) is 163 Å². The molecule has 0 saturated carbocycles. The number of para-hydroxylation sites is 3. The fourth-order valence-electron chi connectivity index (χ4n) is 8.91. The number of hydrogen-bond donors (Lipinski definition) is 0. The average molecular weight is 739 g/mol. The van der Waals surface area contributed by atoms with Gasteiger partial charge in [-0.3, -0.25) is 0 Å². The smallest absolute Gasteiger partial charge is 0.136 e. The first-order valence-electron chi connectivity index (χ1n) is 20.3. The minimum Gasteiger partial charge on any atom is -0.456 e. The SMILES string of the molecule is C=Cc1c(/C=C\C)oc2cc(-c3ccc(N(c4ccc5c(c4)-c4ccccc4C5)c4cccc5c6cccc7c8ccccc8n(c45)c76)cc3)ccc12.CC.CC. The molecule has 7 aromatic carbocycles. The molecule has 0 spiro atoms. The molecule has 3 nitrogen and oxygen atoms in total. The van der Waals surface area contributed by atoms with Crippen LogP contribution in [-0.4, -0.2) is 4.40 Å². The summed E-state index contributed by atoms with van der Waals surface area (Å²) in [4.78, 5) is 2.45. The lowest BCUT2D eigenvalue weighted by Crippen LogP contribution is -2.11. The predicted octanol–water partition coefficient (Wildman–Crippen LogP) is 16.0. The Balaban J connectivity index is 0.00000103. The minimum absolute atomic E-state index is 0.836. The van der Waals surface area contributed by atoms with Gasteiger partial charge in [0.25, 0.3) is 0 Å². The lowest BCUT2D eigenvalue weighted by molar-refractivity contribution is 0.603. The zero-order valence-electron chi connectivity index (χ0n) is 33.3. The molecule has 0 bridgehead atoms. The van der Waals surface area contributed by atoms with E-state index in [1.54, 1.807) is 0 Å². The lowest BCUT2D eigenvalue weighted by atomic mass is 10.0. The highest BCUT2D eigenvalue weighted by Crippen LogP contribution is 2.47. The van der Waals surface area contributed by atoms with Gasteiger partial charge in [0.2, 0.25) is 0 Å². The molecule has 10 aromatic rings. The molecule has 11 rings (SSSR count). The Labute approximate surface area is 334 Å². The molecule has 0 radical (unpaired) electrons. The maximum atomic E-state index is 6.28. The second kappa shape index (κ2) is 14.7. The normalized spacial score (nSPS) is 11.9. The van der Waals surface area contributed by atoms with E-state index in [0.29, 0.717) is 0 Å². The van der Waals surface area contributed by atoms with Crippen LogP contribution in [0.3, 0.4) is 0 Å². The number of nitrogens with zero attached hydrogens (tertiary/aromatic N) is 2. The van der Waals surface area contributed by atoms with Crippen molar-refractivity contribution >= 4 is 78.3 Å². The van der Waals surface area contributed by atoms with Crippen LogP contribution in [0.4, 0.5) is 17.1 Å². The molecule has 0 saturated heterocycles. The van der Waals surface area contributed by atoms with Crippen molar-refractivity contribution in [3.63, 3.8) is 0 Å². The Morgan fingerprint density at radius 3 is 2.02 bits per heavy atom. The highest BCUT2D eigenvalue weighted by molar-refractivity contribution is 6.25. The first-order chi connectivity index (χ1) is 28.2. The van der Waals surface area contributed by atoms with Crippen LogP contribution in [0.1, 0.15) is 57.1 Å². The Bertz CT molecular complexity index is 3120. The minimum atomic E-state index is 0.836. The van der Waals surface area contributed by atoms with Crippen molar-refractivity contribution in [3.05, 3.63) is 181 Å². The summed E-state index contributed by atoms with van der Waals surface area (Å²) >= 11 is 0. The van der Waals surface area contributed by atoms with Gasteiger partial charge in [0, 0.05) is 43.9 Å². The molecule has 0 unspecified atom stereocenters. The molecule has 3 heteroatoms. The van der Waals surface area contributed by atoms with Gasteiger partial charge in [-0.1, -0.05) is 143 Å². The Hall–Kier alpha value is -6.84. The number of aromatic nitrogens is 1. The highest BCUT2D eigenvalue weighted by atomic mass is 16.3. The van der Waals surface area contributed by atoms with E-state index >= 15 is 0 Å². The standard InChI is InChI=1S/C50H34N2O.2C2H6/c1-3-11-47-37(4-2)40-27-23-32(29-48(40)53-47)31-20-24-35(25-21-31)51(36-26-22-34-28-33-12-5-6-13-38(33)44(34)30-36)46-19-10-17-43-42-16-9-15-41-39-14-7-8-18-45(39)52(49(41)42)50(43)46;2*1-2/h3-27,29-30H,2,28H2,1H3;2*1-2H3/b11-3-;;. The lowest BCUT2D eigenvalue weighted by Gasteiger charge is -2.27. The van der Waals surface area contributed by atoms with E-state index < -0.39 is 0 Å². The molecule has 57 heavy (non-hydrogen) atoms. The number of benzene rings is 7. The van der Waals surface area contributed by atoms with Crippen LogP contribution in [0.2, 0.25) is 0 Å². The van der Waals surface area contributed by atoms with E-state index in [2.05, 4.69) is 161 Å². The molecule has 0 amide bonds. The summed E-state index contributed by atoms with van der Waals surface area (Å²) in [5.74, 6) is 0.836. The van der Waals surface area contributed by atoms with Crippen molar-refractivity contribution in [1.29, 1.82) is 0 Å². The number of hydrogen-bond acceptors (Lipinski definition) is 2. The highest BCUT2D eigenvalue weighted by Gasteiger charge is 2.25. The van der Waals surface area contributed by atoms with Gasteiger partial charge in [0.15, 0.2) is 0 Å². The largest absolute Gasteiger partial charge is 0.456 e. The summed E-state index contributed by atoms with van der Waals surface area (Å²) < 4.78 is 8.77. The van der Waals surface area contributed by atoms with Crippen LogP contribution in [-0.2, 0) is 6.42 Å². The number of rotatable bonds is 6. The van der Waals surface area contributed by atoms with Gasteiger partial charge in [-0.15, -0.1) is 0 Å². The average Bonchev–Trinajstić information content (AvgIpc) is 4.02. The molecule has 1 aliphatic rings. The van der Waals surface area contributed by atoms with Gasteiger partial charge in [-0.05, 0) is 101 Å². The summed E-state index contributed by atoms with van der Waals surface area (Å²) in [6.07, 6.45) is 6.84. The molecule has 278 valence electrons. The van der Waals surface area contributed by atoms with E-state index in [1.807, 2.05) is 52.8 Å². The number of anilines is 3. The first kappa shape index (κ1) is 35.8. The third-order valence-electron chi connectivity index (χ3n) is 11.2. The Morgan fingerprint density at radius 1 is 0.579 bits per heavy atom. The Kier molecular flexibility index (Phi) is 9.22. The van der Waals surface area contributed by atoms with Gasteiger partial charge in [-0.2, -0.15) is 0 Å². The van der Waals surface area contributed by atoms with Crippen molar-refractivity contribution < 1.29 is 4.42 Å². The second-order valence-corrected chi connectivity index (χ2v) is 14.1. The van der Waals surface area contributed by atoms with Gasteiger partial charge in [0.1, 0.15) is 11.3 Å². The maximum absolute atomic E-state index is 6.28. The van der Waals surface area contributed by atoms with E-state index in [4.69, 9.17) is 4.42 Å². The summed E-state index contributed by atoms with van der Waals surface area (Å²) in [5.41, 5.74) is 16.6. The van der Waals surface area contributed by atoms with E-state index in [0.717, 1.165) is 56.9 Å². The predicted molar refractivity (Wildman–Crippen MR) is 247 cm³/mol. The van der Waals surface area contributed by atoms with Crippen molar-refractivity contribution in [2.45, 2.75) is 41.0 Å². The van der Waals surface area contributed by atoms with Crippen molar-refractivity contribution in [3.8, 4) is 22.3 Å². The van der Waals surface area contributed by atoms with Crippen LogP contribution in [0.25, 0.3) is 83.5 Å². The van der Waals surface area contributed by atoms with Gasteiger partial charge >= 0.3 is 0 Å². The van der Waals surface area contributed by atoms with E-state index in [-0.39, 0.29) is 0 Å². The third-order valence-corrected chi connectivity index (χ3v) is 11.2. The number of furan rings is 1. The van der Waals surface area contributed by atoms with Crippen LogP contribution >= 0.6 is 0 Å². The first-order valence-corrected chi connectivity index (χ1v) is 20.3. The summed E-state index contributed by atoms with van der Waals surface area (Å²) in [6, 6.07) is 53.6. The molecule has 0 N–H and O–H groups in total. The van der Waals surface area contributed by atoms with Crippen molar-refractivity contribution in [2.75, 3.05) is 4.90 Å². The molecular weight excluding hydrogens is 693 g/mol. The topological polar surface area (TPSA) is 20.8 Å². The molecule has 0 fully saturated rings. The summed E-state index contributed by atoms with van der Waals surface area (Å²) in [5, 5.41) is 6.17. The fourth-order valence-corrected chi connectivity index (χ4v) is 8.91. The molecule has 3 heterocycles. The second-order valence-electron chi connectivity index (χ2n) is 14.1. The van der Waals surface area contributed by atoms with E-state index in [9.17, 15) is 0 Å². The summed E-state index contributed by atoms with van der Waals surface area (Å²) in [7, 11) is 0. The fraction of sp³-hybridized carbons (Fsp3) is 0.111. The monoisotopic (exact) mass is 738 g/mol. The van der Waals surface area contributed by atoms with E-state index in [1.165, 1.54) is 60.3 Å². The maximum Gasteiger partial charge on any atom is 0.136 e.